The lowest BCUT2D eigenvalue weighted by molar-refractivity contribution is 0.102. The van der Waals surface area contributed by atoms with E-state index in [1.165, 1.54) is 11.3 Å². The fourth-order valence-corrected chi connectivity index (χ4v) is 4.24. The second kappa shape index (κ2) is 6.87. The summed E-state index contributed by atoms with van der Waals surface area (Å²) in [6, 6.07) is 15.0. The summed E-state index contributed by atoms with van der Waals surface area (Å²) in [5.74, 6) is 0.385. The van der Waals surface area contributed by atoms with Crippen LogP contribution in [0.15, 0.2) is 53.0 Å². The molecule has 0 radical (unpaired) electrons. The standard InChI is InChI=1S/C19H12BrClN2O2S/c1-25-16-9-17-15(8-14(16)21)22-19(26-17)23-18(24)13-4-2-3-10-7-11(20)5-6-12(10)13/h2-9H,1H3,(H,22,23,24). The van der Waals surface area contributed by atoms with E-state index in [4.69, 9.17) is 16.3 Å². The maximum Gasteiger partial charge on any atom is 0.258 e. The Morgan fingerprint density at radius 1 is 1.23 bits per heavy atom. The topological polar surface area (TPSA) is 51.2 Å². The van der Waals surface area contributed by atoms with Gasteiger partial charge in [-0.15, -0.1) is 0 Å². The van der Waals surface area contributed by atoms with Crippen LogP contribution in [0.25, 0.3) is 21.0 Å². The average Bonchev–Trinajstić information content (AvgIpc) is 3.00. The van der Waals surface area contributed by atoms with E-state index in [2.05, 4.69) is 26.2 Å². The zero-order valence-electron chi connectivity index (χ0n) is 13.5. The number of benzene rings is 3. The van der Waals surface area contributed by atoms with Crippen molar-refractivity contribution in [3.63, 3.8) is 0 Å². The molecule has 1 aromatic heterocycles. The molecule has 4 nitrogen and oxygen atoms in total. The molecule has 1 amide bonds. The first kappa shape index (κ1) is 17.3. The molecule has 0 bridgehead atoms. The Hall–Kier alpha value is -2.15. The van der Waals surface area contributed by atoms with Crippen LogP contribution in [-0.4, -0.2) is 18.0 Å². The highest BCUT2D eigenvalue weighted by Crippen LogP contribution is 2.34. The van der Waals surface area contributed by atoms with E-state index in [0.717, 1.165) is 25.5 Å². The normalized spacial score (nSPS) is 11.0. The number of thiazole rings is 1. The van der Waals surface area contributed by atoms with Crippen LogP contribution in [0.2, 0.25) is 5.02 Å². The molecule has 0 saturated carbocycles. The van der Waals surface area contributed by atoms with Gasteiger partial charge in [0.05, 0.1) is 22.3 Å². The van der Waals surface area contributed by atoms with Crippen LogP contribution in [0.1, 0.15) is 10.4 Å². The number of anilines is 1. The number of carbonyl (C=O) groups is 1. The first-order valence-electron chi connectivity index (χ1n) is 7.69. The van der Waals surface area contributed by atoms with Crippen LogP contribution in [0.3, 0.4) is 0 Å². The molecular weight excluding hydrogens is 436 g/mol. The largest absolute Gasteiger partial charge is 0.495 e. The highest BCUT2D eigenvalue weighted by Gasteiger charge is 2.14. The van der Waals surface area contributed by atoms with Crippen LogP contribution in [0.5, 0.6) is 5.75 Å². The quantitative estimate of drug-likeness (QED) is 0.411. The van der Waals surface area contributed by atoms with Crippen molar-refractivity contribution in [2.75, 3.05) is 12.4 Å². The van der Waals surface area contributed by atoms with Gasteiger partial charge in [0.1, 0.15) is 5.75 Å². The smallest absolute Gasteiger partial charge is 0.258 e. The zero-order chi connectivity index (χ0) is 18.3. The number of fused-ring (bicyclic) bond motifs is 2. The lowest BCUT2D eigenvalue weighted by Crippen LogP contribution is -2.12. The van der Waals surface area contributed by atoms with E-state index < -0.39 is 0 Å². The Morgan fingerprint density at radius 2 is 2.08 bits per heavy atom. The van der Waals surface area contributed by atoms with Crippen LogP contribution in [0, 0.1) is 0 Å². The molecule has 7 heteroatoms. The van der Waals surface area contributed by atoms with Crippen molar-refractivity contribution in [3.05, 3.63) is 63.6 Å². The van der Waals surface area contributed by atoms with Gasteiger partial charge in [-0.2, -0.15) is 0 Å². The minimum absolute atomic E-state index is 0.199. The van der Waals surface area contributed by atoms with Crippen molar-refractivity contribution >= 4 is 70.9 Å². The molecule has 1 heterocycles. The van der Waals surface area contributed by atoms with Crippen molar-refractivity contribution in [1.82, 2.24) is 4.98 Å². The number of aromatic nitrogens is 1. The molecule has 0 aliphatic carbocycles. The first-order valence-corrected chi connectivity index (χ1v) is 9.67. The van der Waals surface area contributed by atoms with Gasteiger partial charge in [-0.25, -0.2) is 4.98 Å². The third-order valence-corrected chi connectivity index (χ3v) is 5.69. The second-order valence-electron chi connectivity index (χ2n) is 5.60. The van der Waals surface area contributed by atoms with Gasteiger partial charge in [0.2, 0.25) is 0 Å². The van der Waals surface area contributed by atoms with Gasteiger partial charge in [0, 0.05) is 16.1 Å². The Labute approximate surface area is 166 Å². The second-order valence-corrected chi connectivity index (χ2v) is 7.95. The van der Waals surface area contributed by atoms with Crippen molar-refractivity contribution in [1.29, 1.82) is 0 Å². The fraction of sp³-hybridized carbons (Fsp3) is 0.0526. The van der Waals surface area contributed by atoms with E-state index in [9.17, 15) is 4.79 Å². The molecule has 0 saturated heterocycles. The molecule has 0 aliphatic rings. The fourth-order valence-electron chi connectivity index (χ4n) is 2.76. The number of methoxy groups -OCH3 is 1. The van der Waals surface area contributed by atoms with E-state index in [0.29, 0.717) is 21.5 Å². The number of hydrogen-bond donors (Lipinski definition) is 1. The van der Waals surface area contributed by atoms with Gasteiger partial charge >= 0.3 is 0 Å². The van der Waals surface area contributed by atoms with Crippen molar-refractivity contribution in [2.45, 2.75) is 0 Å². The summed E-state index contributed by atoms with van der Waals surface area (Å²) in [4.78, 5) is 17.2. The number of nitrogens with zero attached hydrogens (tertiary/aromatic N) is 1. The number of amides is 1. The maximum atomic E-state index is 12.8. The zero-order valence-corrected chi connectivity index (χ0v) is 16.7. The van der Waals surface area contributed by atoms with Gasteiger partial charge < -0.3 is 4.74 Å². The summed E-state index contributed by atoms with van der Waals surface area (Å²) < 4.78 is 7.09. The molecular formula is C19H12BrClN2O2S. The monoisotopic (exact) mass is 446 g/mol. The van der Waals surface area contributed by atoms with Gasteiger partial charge in [-0.3, -0.25) is 10.1 Å². The van der Waals surface area contributed by atoms with E-state index in [1.807, 2.05) is 36.4 Å². The summed E-state index contributed by atoms with van der Waals surface area (Å²) in [7, 11) is 1.57. The van der Waals surface area contributed by atoms with Gasteiger partial charge in [0.15, 0.2) is 5.13 Å². The van der Waals surface area contributed by atoms with E-state index >= 15 is 0 Å². The number of nitrogens with one attached hydrogen (secondary N) is 1. The highest BCUT2D eigenvalue weighted by molar-refractivity contribution is 9.10. The molecule has 0 atom stereocenters. The number of ether oxygens (including phenoxy) is 1. The van der Waals surface area contributed by atoms with Crippen molar-refractivity contribution < 1.29 is 9.53 Å². The summed E-state index contributed by atoms with van der Waals surface area (Å²) in [5, 5.41) is 5.77. The van der Waals surface area contributed by atoms with E-state index in [1.54, 1.807) is 19.2 Å². The molecule has 1 N–H and O–H groups in total. The summed E-state index contributed by atoms with van der Waals surface area (Å²) in [6.07, 6.45) is 0. The van der Waals surface area contributed by atoms with Crippen LogP contribution in [0.4, 0.5) is 5.13 Å². The van der Waals surface area contributed by atoms with Crippen molar-refractivity contribution in [2.24, 2.45) is 0 Å². The SMILES string of the molecule is COc1cc2sc(NC(=O)c3cccc4cc(Br)ccc34)nc2cc1Cl. The van der Waals surface area contributed by atoms with Gasteiger partial charge in [-0.1, -0.05) is 57.1 Å². The molecule has 130 valence electrons. The molecule has 0 spiro atoms. The molecule has 4 aromatic rings. The molecule has 0 fully saturated rings. The molecule has 26 heavy (non-hydrogen) atoms. The van der Waals surface area contributed by atoms with Crippen LogP contribution < -0.4 is 10.1 Å². The molecule has 0 unspecified atom stereocenters. The highest BCUT2D eigenvalue weighted by atomic mass is 79.9. The molecule has 0 aliphatic heterocycles. The average molecular weight is 448 g/mol. The van der Waals surface area contributed by atoms with Crippen molar-refractivity contribution in [3.8, 4) is 5.75 Å². The summed E-state index contributed by atoms with van der Waals surface area (Å²) in [6.45, 7) is 0. The lowest BCUT2D eigenvalue weighted by atomic mass is 10.0. The number of halogens is 2. The Kier molecular flexibility index (Phi) is 4.56. The predicted molar refractivity (Wildman–Crippen MR) is 111 cm³/mol. The molecule has 3 aromatic carbocycles. The molecule has 4 rings (SSSR count). The predicted octanol–water partition coefficient (Wildman–Crippen LogP) is 6.13. The van der Waals surface area contributed by atoms with Gasteiger partial charge in [0.25, 0.3) is 5.91 Å². The number of carbonyl (C=O) groups excluding carboxylic acids is 1. The Bertz CT molecular complexity index is 1160. The number of rotatable bonds is 3. The maximum absolute atomic E-state index is 12.8. The van der Waals surface area contributed by atoms with Gasteiger partial charge in [-0.05, 0) is 35.0 Å². The minimum Gasteiger partial charge on any atom is -0.495 e. The first-order chi connectivity index (χ1) is 12.5. The Balaban J connectivity index is 1.69. The number of hydrogen-bond acceptors (Lipinski definition) is 4. The minimum atomic E-state index is -0.199. The van der Waals surface area contributed by atoms with Crippen LogP contribution in [-0.2, 0) is 0 Å². The Morgan fingerprint density at radius 3 is 2.88 bits per heavy atom. The van der Waals surface area contributed by atoms with Crippen LogP contribution >= 0.6 is 38.9 Å². The third-order valence-electron chi connectivity index (χ3n) is 3.97. The summed E-state index contributed by atoms with van der Waals surface area (Å²) in [5.41, 5.74) is 1.32. The summed E-state index contributed by atoms with van der Waals surface area (Å²) >= 11 is 11.0. The van der Waals surface area contributed by atoms with E-state index in [-0.39, 0.29) is 5.91 Å². The third kappa shape index (κ3) is 3.16. The lowest BCUT2D eigenvalue weighted by Gasteiger charge is -2.06.